The van der Waals surface area contributed by atoms with E-state index in [1.165, 1.54) is 0 Å². The number of carbonyl (C=O) groups excluding carboxylic acids is 5. The number of nitrogens with zero attached hydrogens (tertiary/aromatic N) is 2. The van der Waals surface area contributed by atoms with Crippen LogP contribution in [-0.4, -0.2) is 71.5 Å². The molecule has 3 aliphatic rings. The number of carbonyl (C=O) groups is 5. The molecule has 1 unspecified atom stereocenters. The molecule has 1 N–H and O–H groups in total. The molecule has 0 aliphatic carbocycles. The fourth-order valence-corrected chi connectivity index (χ4v) is 4.37. The van der Waals surface area contributed by atoms with Crippen LogP contribution in [-0.2, 0) is 14.4 Å². The maximum atomic E-state index is 12.8. The van der Waals surface area contributed by atoms with Gasteiger partial charge in [0.2, 0.25) is 11.8 Å². The Kier molecular flexibility index (Phi) is 6.64. The van der Waals surface area contributed by atoms with Gasteiger partial charge in [-0.1, -0.05) is 0 Å². The van der Waals surface area contributed by atoms with E-state index in [1.54, 1.807) is 18.2 Å². The van der Waals surface area contributed by atoms with Gasteiger partial charge in [-0.25, -0.2) is 0 Å². The number of piperidine rings is 2. The first kappa shape index (κ1) is 22.1. The Morgan fingerprint density at radius 3 is 2.41 bits per heavy atom. The van der Waals surface area contributed by atoms with Crippen LogP contribution in [0.1, 0.15) is 65.7 Å². The zero-order valence-electron chi connectivity index (χ0n) is 17.9. The molecule has 2 fully saturated rings. The smallest absolute Gasteiger partial charge is 0.262 e. The van der Waals surface area contributed by atoms with Crippen molar-refractivity contribution in [2.24, 2.45) is 0 Å². The summed E-state index contributed by atoms with van der Waals surface area (Å²) in [6, 6.07) is 3.78. The molecule has 2 saturated heterocycles. The molecule has 0 spiro atoms. The van der Waals surface area contributed by atoms with Crippen LogP contribution in [0.3, 0.4) is 0 Å². The first-order chi connectivity index (χ1) is 15.4. The molecular formula is C23H27N3O6. The van der Waals surface area contributed by atoms with Crippen molar-refractivity contribution in [1.29, 1.82) is 0 Å². The lowest BCUT2D eigenvalue weighted by Crippen LogP contribution is -2.54. The summed E-state index contributed by atoms with van der Waals surface area (Å²) >= 11 is 0. The lowest BCUT2D eigenvalue weighted by atomic mass is 10.0. The highest BCUT2D eigenvalue weighted by atomic mass is 16.5. The van der Waals surface area contributed by atoms with Crippen molar-refractivity contribution in [3.05, 3.63) is 29.3 Å². The molecule has 4 amide bonds. The van der Waals surface area contributed by atoms with Crippen LogP contribution in [0, 0.1) is 0 Å². The van der Waals surface area contributed by atoms with E-state index in [0.29, 0.717) is 31.0 Å². The van der Waals surface area contributed by atoms with E-state index in [9.17, 15) is 24.0 Å². The zero-order valence-corrected chi connectivity index (χ0v) is 17.9. The number of hydrogen-bond acceptors (Lipinski definition) is 7. The van der Waals surface area contributed by atoms with Gasteiger partial charge in [-0.15, -0.1) is 0 Å². The quantitative estimate of drug-likeness (QED) is 0.478. The molecule has 1 aromatic carbocycles. The molecule has 0 aromatic heterocycles. The SMILES string of the molecule is O=C1CCN(CCCCCOc2ccc3c(c2)C(=O)N(C2CCC(=O)NC2=O)C3=O)CC1. The molecule has 170 valence electrons. The summed E-state index contributed by atoms with van der Waals surface area (Å²) in [5.74, 6) is -1.22. The third-order valence-electron chi connectivity index (χ3n) is 6.21. The largest absolute Gasteiger partial charge is 0.494 e. The molecule has 32 heavy (non-hydrogen) atoms. The summed E-state index contributed by atoms with van der Waals surface area (Å²) in [6.07, 6.45) is 4.43. The normalized spacial score (nSPS) is 21.7. The number of likely N-dealkylation sites (tertiary alicyclic amines) is 1. The molecule has 3 heterocycles. The standard InChI is InChI=1S/C23H27N3O6/c27-15-8-11-25(12-9-15)10-2-1-3-13-32-16-4-5-17-18(14-16)23(31)26(22(17)30)19-6-7-20(28)24-21(19)29/h4-5,14,19H,1-3,6-13H2,(H,24,28,29). The molecule has 1 aromatic rings. The number of rotatable bonds is 8. The molecule has 9 heteroatoms. The van der Waals surface area contributed by atoms with Gasteiger partial charge in [0.25, 0.3) is 11.8 Å². The summed E-state index contributed by atoms with van der Waals surface area (Å²) in [6.45, 7) is 3.19. The van der Waals surface area contributed by atoms with Gasteiger partial charge in [-0.2, -0.15) is 0 Å². The fourth-order valence-electron chi connectivity index (χ4n) is 4.37. The number of fused-ring (bicyclic) bond motifs is 1. The average Bonchev–Trinajstić information content (AvgIpc) is 3.02. The molecule has 0 radical (unpaired) electrons. The summed E-state index contributed by atoms with van der Waals surface area (Å²) in [7, 11) is 0. The Bertz CT molecular complexity index is 949. The van der Waals surface area contributed by atoms with Crippen LogP contribution in [0.5, 0.6) is 5.75 Å². The van der Waals surface area contributed by atoms with Crippen molar-refractivity contribution in [1.82, 2.24) is 15.1 Å². The van der Waals surface area contributed by atoms with E-state index in [4.69, 9.17) is 4.74 Å². The Balaban J connectivity index is 1.26. The van der Waals surface area contributed by atoms with Gasteiger partial charge >= 0.3 is 0 Å². The van der Waals surface area contributed by atoms with Gasteiger partial charge in [0.15, 0.2) is 0 Å². The highest BCUT2D eigenvalue weighted by Crippen LogP contribution is 2.30. The molecule has 0 bridgehead atoms. The van der Waals surface area contributed by atoms with Crippen molar-refractivity contribution in [3.8, 4) is 5.75 Å². The molecular weight excluding hydrogens is 414 g/mol. The van der Waals surface area contributed by atoms with Gasteiger partial charge in [-0.05, 0) is 50.4 Å². The second-order valence-corrected chi connectivity index (χ2v) is 8.44. The summed E-state index contributed by atoms with van der Waals surface area (Å²) in [5, 5.41) is 2.19. The minimum atomic E-state index is -0.970. The van der Waals surface area contributed by atoms with Crippen LogP contribution in [0.15, 0.2) is 18.2 Å². The van der Waals surface area contributed by atoms with E-state index >= 15 is 0 Å². The van der Waals surface area contributed by atoms with E-state index in [-0.39, 0.29) is 24.0 Å². The van der Waals surface area contributed by atoms with E-state index in [0.717, 1.165) is 43.8 Å². The number of unbranched alkanes of at least 4 members (excludes halogenated alkanes) is 2. The minimum absolute atomic E-state index is 0.0913. The van der Waals surface area contributed by atoms with Crippen LogP contribution >= 0.6 is 0 Å². The maximum Gasteiger partial charge on any atom is 0.262 e. The Morgan fingerprint density at radius 1 is 0.906 bits per heavy atom. The van der Waals surface area contributed by atoms with Crippen LogP contribution in [0.2, 0.25) is 0 Å². The average molecular weight is 441 g/mol. The van der Waals surface area contributed by atoms with E-state index in [1.807, 2.05) is 0 Å². The molecule has 0 saturated carbocycles. The van der Waals surface area contributed by atoms with Gasteiger partial charge in [-0.3, -0.25) is 34.2 Å². The Morgan fingerprint density at radius 2 is 1.66 bits per heavy atom. The van der Waals surface area contributed by atoms with E-state index in [2.05, 4.69) is 10.2 Å². The molecule has 3 aliphatic heterocycles. The maximum absolute atomic E-state index is 12.8. The number of benzene rings is 1. The fraction of sp³-hybridized carbons (Fsp3) is 0.522. The second-order valence-electron chi connectivity index (χ2n) is 8.44. The summed E-state index contributed by atoms with van der Waals surface area (Å²) in [5.41, 5.74) is 0.462. The Hall–Kier alpha value is -3.07. The monoisotopic (exact) mass is 441 g/mol. The number of nitrogens with one attached hydrogen (secondary N) is 1. The third-order valence-corrected chi connectivity index (χ3v) is 6.21. The van der Waals surface area contributed by atoms with Gasteiger partial charge < -0.3 is 9.64 Å². The number of ketones is 1. The van der Waals surface area contributed by atoms with Crippen molar-refractivity contribution >= 4 is 29.4 Å². The first-order valence-corrected chi connectivity index (χ1v) is 11.2. The molecule has 4 rings (SSSR count). The first-order valence-electron chi connectivity index (χ1n) is 11.2. The number of Topliss-reactive ketones (excluding diaryl/α,β-unsaturated/α-hetero) is 1. The van der Waals surface area contributed by atoms with Gasteiger partial charge in [0.05, 0.1) is 17.7 Å². The highest BCUT2D eigenvalue weighted by Gasteiger charge is 2.44. The lowest BCUT2D eigenvalue weighted by Gasteiger charge is -2.27. The van der Waals surface area contributed by atoms with Crippen molar-refractivity contribution in [3.63, 3.8) is 0 Å². The van der Waals surface area contributed by atoms with Crippen LogP contribution in [0.4, 0.5) is 0 Å². The summed E-state index contributed by atoms with van der Waals surface area (Å²) in [4.78, 5) is 63.6. The van der Waals surface area contributed by atoms with Gasteiger partial charge in [0.1, 0.15) is 17.6 Å². The predicted octanol–water partition coefficient (Wildman–Crippen LogP) is 1.30. The topological polar surface area (TPSA) is 113 Å². The zero-order chi connectivity index (χ0) is 22.7. The van der Waals surface area contributed by atoms with E-state index < -0.39 is 29.7 Å². The minimum Gasteiger partial charge on any atom is -0.494 e. The van der Waals surface area contributed by atoms with Crippen LogP contribution in [0.25, 0.3) is 0 Å². The van der Waals surface area contributed by atoms with Crippen molar-refractivity contribution in [2.45, 2.75) is 51.0 Å². The second kappa shape index (κ2) is 9.60. The lowest BCUT2D eigenvalue weighted by molar-refractivity contribution is -0.136. The summed E-state index contributed by atoms with van der Waals surface area (Å²) < 4.78 is 5.77. The highest BCUT2D eigenvalue weighted by molar-refractivity contribution is 6.23. The van der Waals surface area contributed by atoms with Gasteiger partial charge in [0, 0.05) is 32.4 Å². The van der Waals surface area contributed by atoms with Crippen molar-refractivity contribution < 1.29 is 28.7 Å². The Labute approximate surface area is 186 Å². The molecule has 1 atom stereocenters. The number of imide groups is 2. The predicted molar refractivity (Wildman–Crippen MR) is 113 cm³/mol. The molecule has 9 nitrogen and oxygen atoms in total. The number of amides is 4. The number of ether oxygens (including phenoxy) is 1. The van der Waals surface area contributed by atoms with Crippen LogP contribution < -0.4 is 10.1 Å². The number of hydrogen-bond donors (Lipinski definition) is 1. The third kappa shape index (κ3) is 4.72. The van der Waals surface area contributed by atoms with Crippen molar-refractivity contribution in [2.75, 3.05) is 26.2 Å².